The van der Waals surface area contributed by atoms with Gasteiger partial charge in [0.2, 0.25) is 0 Å². The number of aliphatic hydroxyl groups is 19. The van der Waals surface area contributed by atoms with E-state index >= 15 is 0 Å². The third-order valence-corrected chi connectivity index (χ3v) is 13.1. The second-order valence-electron chi connectivity index (χ2n) is 18.1. The van der Waals surface area contributed by atoms with Crippen molar-refractivity contribution in [2.45, 2.75) is 198 Å². The Balaban J connectivity index is 1.07. The molecule has 0 aromatic heterocycles. The SMILES string of the molecule is CC(C)C1OC(CO)C(OC2OC(CO)C(OC3OC(CO)C(OC4OC(CO)C(OC5OC(CO)C(OC6OC(CO)C(O)C(O)C6O)C(O)C5O)C(O)C4O)C(O)C3O)C(O)C2O)C(O)C1O. The van der Waals surface area contributed by atoms with Gasteiger partial charge in [-0.2, -0.15) is 0 Å². The van der Waals surface area contributed by atoms with Crippen LogP contribution in [0.1, 0.15) is 13.8 Å². The van der Waals surface area contributed by atoms with Gasteiger partial charge in [-0.15, -0.1) is 0 Å². The molecule has 30 heteroatoms. The molecule has 6 saturated heterocycles. The highest BCUT2D eigenvalue weighted by Crippen LogP contribution is 2.37. The molecular formula is C39H68O30. The van der Waals surface area contributed by atoms with Gasteiger partial charge in [0, 0.05) is 0 Å². The molecule has 404 valence electrons. The summed E-state index contributed by atoms with van der Waals surface area (Å²) < 4.78 is 61.7. The van der Waals surface area contributed by atoms with E-state index in [0.29, 0.717) is 0 Å². The molecular weight excluding hydrogens is 948 g/mol. The van der Waals surface area contributed by atoms with Gasteiger partial charge in [-0.3, -0.25) is 0 Å². The summed E-state index contributed by atoms with van der Waals surface area (Å²) in [5.74, 6) is -0.297. The standard InChI is InChI=1S/C39H68O30/c1-9(2)29-18(48)19(49)30(11(4-41)59-29)65-36-25(55)21(51)32(13(6-43)61-36)67-38-27(57)23(53)34(15(8-45)63-38)69-39-28(58)22(52)33(14(7-44)64-39)68-37-26(56)20(50)31(12(5-42)62-37)66-35-24(54)17(47)16(46)10(3-40)60-35/h9-58H,3-8H2,1-2H3. The molecule has 30 nitrogen and oxygen atoms in total. The largest absolute Gasteiger partial charge is 0.394 e. The van der Waals surface area contributed by atoms with Crippen molar-refractivity contribution in [2.24, 2.45) is 5.92 Å². The maximum atomic E-state index is 11.3. The lowest BCUT2D eigenvalue weighted by Gasteiger charge is -2.50. The molecule has 6 fully saturated rings. The van der Waals surface area contributed by atoms with E-state index in [0.717, 1.165) is 0 Å². The van der Waals surface area contributed by atoms with E-state index in [1.807, 2.05) is 0 Å². The smallest absolute Gasteiger partial charge is 0.187 e. The summed E-state index contributed by atoms with van der Waals surface area (Å²) in [6.45, 7) is -2.02. The fraction of sp³-hybridized carbons (Fsp3) is 1.00. The second kappa shape index (κ2) is 24.4. The molecule has 0 bridgehead atoms. The Kier molecular flexibility index (Phi) is 20.2. The molecule has 0 aromatic carbocycles. The summed E-state index contributed by atoms with van der Waals surface area (Å²) in [6.07, 6.45) is -54.0. The lowest BCUT2D eigenvalue weighted by molar-refractivity contribution is -0.395. The minimum Gasteiger partial charge on any atom is -0.394 e. The van der Waals surface area contributed by atoms with Crippen molar-refractivity contribution in [3.8, 4) is 0 Å². The summed E-state index contributed by atoms with van der Waals surface area (Å²) in [6, 6.07) is 0. The van der Waals surface area contributed by atoms with Crippen LogP contribution in [-0.4, -0.2) is 321 Å². The zero-order chi connectivity index (χ0) is 50.9. The van der Waals surface area contributed by atoms with Gasteiger partial charge in [-0.25, -0.2) is 0 Å². The van der Waals surface area contributed by atoms with Crippen LogP contribution in [-0.2, 0) is 52.1 Å². The molecule has 6 aliphatic heterocycles. The maximum absolute atomic E-state index is 11.3. The number of aliphatic hydroxyl groups excluding tert-OH is 19. The Labute approximate surface area is 392 Å². The molecule has 19 N–H and O–H groups in total. The van der Waals surface area contributed by atoms with Crippen LogP contribution in [0.5, 0.6) is 0 Å². The number of hydrogen-bond acceptors (Lipinski definition) is 30. The van der Waals surface area contributed by atoms with Crippen molar-refractivity contribution in [3.05, 3.63) is 0 Å². The Bertz CT molecular complexity index is 1550. The first-order chi connectivity index (χ1) is 32.7. The number of rotatable bonds is 17. The van der Waals surface area contributed by atoms with Crippen LogP contribution in [0.15, 0.2) is 0 Å². The lowest BCUT2D eigenvalue weighted by Crippen LogP contribution is -2.68. The first-order valence-electron chi connectivity index (χ1n) is 22.4. The van der Waals surface area contributed by atoms with Crippen LogP contribution < -0.4 is 0 Å². The van der Waals surface area contributed by atoms with Gasteiger partial charge in [-0.05, 0) is 5.92 Å². The fourth-order valence-electron chi connectivity index (χ4n) is 9.12. The quantitative estimate of drug-likeness (QED) is 0.0643. The number of ether oxygens (including phenoxy) is 11. The molecule has 0 spiro atoms. The molecule has 0 radical (unpaired) electrons. The minimum atomic E-state index is -2.16. The molecule has 6 rings (SSSR count). The van der Waals surface area contributed by atoms with Crippen LogP contribution in [0.2, 0.25) is 0 Å². The summed E-state index contributed by atoms with van der Waals surface area (Å²) >= 11 is 0. The summed E-state index contributed by atoms with van der Waals surface area (Å²) in [5, 5.41) is 201. The number of hydrogen-bond donors (Lipinski definition) is 19. The highest BCUT2D eigenvalue weighted by atomic mass is 16.8. The first-order valence-corrected chi connectivity index (χ1v) is 22.4. The normalized spacial score (nSPS) is 52.3. The van der Waals surface area contributed by atoms with Gasteiger partial charge in [-0.1, -0.05) is 13.8 Å². The maximum Gasteiger partial charge on any atom is 0.187 e. The first kappa shape index (κ1) is 57.1. The van der Waals surface area contributed by atoms with Gasteiger partial charge < -0.3 is 149 Å². The second-order valence-corrected chi connectivity index (χ2v) is 18.1. The van der Waals surface area contributed by atoms with Gasteiger partial charge in [0.25, 0.3) is 0 Å². The van der Waals surface area contributed by atoms with Crippen molar-refractivity contribution >= 4 is 0 Å². The van der Waals surface area contributed by atoms with Crippen molar-refractivity contribution in [3.63, 3.8) is 0 Å². The van der Waals surface area contributed by atoms with Gasteiger partial charge >= 0.3 is 0 Å². The molecule has 69 heavy (non-hydrogen) atoms. The molecule has 6 aliphatic rings. The van der Waals surface area contributed by atoms with E-state index in [-0.39, 0.29) is 5.92 Å². The monoisotopic (exact) mass is 1020 g/mol. The Hall–Kier alpha value is -1.20. The molecule has 0 aliphatic carbocycles. The van der Waals surface area contributed by atoms with E-state index in [2.05, 4.69) is 0 Å². The van der Waals surface area contributed by atoms with E-state index in [9.17, 15) is 97.0 Å². The average Bonchev–Trinajstić information content (AvgIpc) is 3.33. The van der Waals surface area contributed by atoms with Crippen LogP contribution >= 0.6 is 0 Å². The van der Waals surface area contributed by atoms with Gasteiger partial charge in [0.15, 0.2) is 31.5 Å². The zero-order valence-corrected chi connectivity index (χ0v) is 37.1. The summed E-state index contributed by atoms with van der Waals surface area (Å²) in [5.41, 5.74) is 0. The van der Waals surface area contributed by atoms with Gasteiger partial charge in [0.1, 0.15) is 146 Å². The Morgan fingerprint density at radius 1 is 0.275 bits per heavy atom. The van der Waals surface area contributed by atoms with Crippen molar-refractivity contribution < 1.29 is 149 Å². The summed E-state index contributed by atoms with van der Waals surface area (Å²) in [7, 11) is 0. The van der Waals surface area contributed by atoms with Crippen molar-refractivity contribution in [1.82, 2.24) is 0 Å². The summed E-state index contributed by atoms with van der Waals surface area (Å²) in [4.78, 5) is 0. The Morgan fingerprint density at radius 3 is 0.739 bits per heavy atom. The molecule has 30 unspecified atom stereocenters. The van der Waals surface area contributed by atoms with E-state index < -0.39 is 224 Å². The fourth-order valence-corrected chi connectivity index (χ4v) is 9.12. The van der Waals surface area contributed by atoms with Crippen LogP contribution in [0.4, 0.5) is 0 Å². The van der Waals surface area contributed by atoms with E-state index in [4.69, 9.17) is 52.1 Å². The predicted octanol–water partition coefficient (Wildman–Crippen LogP) is -12.4. The Morgan fingerprint density at radius 2 is 0.493 bits per heavy atom. The van der Waals surface area contributed by atoms with Crippen LogP contribution in [0, 0.1) is 5.92 Å². The topological polar surface area (TPSA) is 486 Å². The molecule has 0 aromatic rings. The van der Waals surface area contributed by atoms with E-state index in [1.54, 1.807) is 13.8 Å². The highest BCUT2D eigenvalue weighted by Gasteiger charge is 2.57. The average molecular weight is 1020 g/mol. The zero-order valence-electron chi connectivity index (χ0n) is 37.1. The van der Waals surface area contributed by atoms with Crippen molar-refractivity contribution in [1.29, 1.82) is 0 Å². The molecule has 30 atom stereocenters. The third-order valence-electron chi connectivity index (χ3n) is 13.1. The van der Waals surface area contributed by atoms with Gasteiger partial charge in [0.05, 0.1) is 45.7 Å². The predicted molar refractivity (Wildman–Crippen MR) is 212 cm³/mol. The van der Waals surface area contributed by atoms with Crippen LogP contribution in [0.25, 0.3) is 0 Å². The third kappa shape index (κ3) is 11.7. The van der Waals surface area contributed by atoms with Crippen LogP contribution in [0.3, 0.4) is 0 Å². The van der Waals surface area contributed by atoms with Crippen molar-refractivity contribution in [2.75, 3.05) is 39.6 Å². The highest BCUT2D eigenvalue weighted by molar-refractivity contribution is 5.00. The lowest BCUT2D eigenvalue weighted by atomic mass is 9.89. The minimum absolute atomic E-state index is 0.297. The molecule has 6 heterocycles. The molecule has 0 saturated carbocycles. The van der Waals surface area contributed by atoms with E-state index in [1.165, 1.54) is 0 Å². The molecule has 0 amide bonds.